The molecule has 3 rings (SSSR count). The lowest BCUT2D eigenvalue weighted by molar-refractivity contribution is 0.0928. The van der Waals surface area contributed by atoms with Gasteiger partial charge in [-0.2, -0.15) is 0 Å². The van der Waals surface area contributed by atoms with Crippen molar-refractivity contribution in [3.05, 3.63) is 41.6 Å². The number of pyridine rings is 1. The smallest absolute Gasteiger partial charge is 0.253 e. The van der Waals surface area contributed by atoms with Gasteiger partial charge in [-0.05, 0) is 19.1 Å². The van der Waals surface area contributed by atoms with Crippen LogP contribution in [0.1, 0.15) is 16.1 Å². The number of benzene rings is 1. The van der Waals surface area contributed by atoms with Gasteiger partial charge >= 0.3 is 0 Å². The zero-order chi connectivity index (χ0) is 14.8. The number of hydrogen-bond donors (Lipinski definition) is 3. The van der Waals surface area contributed by atoms with E-state index in [1.165, 1.54) is 0 Å². The molecule has 0 radical (unpaired) electrons. The first-order chi connectivity index (χ1) is 10.1. The van der Waals surface area contributed by atoms with E-state index < -0.39 is 6.10 Å². The minimum atomic E-state index is -0.391. The molecule has 0 bridgehead atoms. The van der Waals surface area contributed by atoms with E-state index in [0.717, 1.165) is 23.1 Å². The predicted octanol–water partition coefficient (Wildman–Crippen LogP) is 1.70. The van der Waals surface area contributed by atoms with Crippen LogP contribution >= 0.6 is 24.8 Å². The molecule has 1 aliphatic rings. The van der Waals surface area contributed by atoms with E-state index in [1.54, 1.807) is 6.07 Å². The number of β-amino-alcohol motifs (C(OH)–C–C–N with tert-alkyl or cyclic N) is 1. The summed E-state index contributed by atoms with van der Waals surface area (Å²) in [5.41, 5.74) is 2.19. The number of aryl methyl sites for hydroxylation is 1. The number of carbonyl (C=O) groups excluding carboxylic acids is 1. The molecule has 1 saturated heterocycles. The van der Waals surface area contributed by atoms with Crippen LogP contribution in [0.4, 0.5) is 0 Å². The SMILES string of the molecule is Cc1ccc2cccc(C(=O)NCC3CNCC3O)c2n1.Cl.Cl. The molecule has 0 spiro atoms. The van der Waals surface area contributed by atoms with E-state index in [-0.39, 0.29) is 36.6 Å². The lowest BCUT2D eigenvalue weighted by atomic mass is 10.1. The highest BCUT2D eigenvalue weighted by Crippen LogP contribution is 2.17. The molecular formula is C16H21Cl2N3O2. The van der Waals surface area contributed by atoms with Gasteiger partial charge in [-0.1, -0.05) is 18.2 Å². The Balaban J connectivity index is 0.00000132. The number of aliphatic hydroxyl groups excluding tert-OH is 1. The van der Waals surface area contributed by atoms with Gasteiger partial charge in [-0.15, -0.1) is 24.8 Å². The zero-order valence-electron chi connectivity index (χ0n) is 12.8. The number of amides is 1. The van der Waals surface area contributed by atoms with Crippen LogP contribution in [0.25, 0.3) is 10.9 Å². The van der Waals surface area contributed by atoms with Crippen molar-refractivity contribution >= 4 is 41.6 Å². The number of para-hydroxylation sites is 1. The Kier molecular flexibility index (Phi) is 7.22. The van der Waals surface area contributed by atoms with E-state index in [0.29, 0.717) is 18.7 Å². The van der Waals surface area contributed by atoms with E-state index in [2.05, 4.69) is 15.6 Å². The van der Waals surface area contributed by atoms with Crippen LogP contribution in [0, 0.1) is 12.8 Å². The number of halogens is 2. The Morgan fingerprint density at radius 3 is 2.78 bits per heavy atom. The molecule has 1 fully saturated rings. The minimum absolute atomic E-state index is 0. The molecule has 1 amide bonds. The number of hydrogen-bond acceptors (Lipinski definition) is 4. The van der Waals surface area contributed by atoms with Crippen molar-refractivity contribution in [3.8, 4) is 0 Å². The van der Waals surface area contributed by atoms with Crippen molar-refractivity contribution in [2.45, 2.75) is 13.0 Å². The summed E-state index contributed by atoms with van der Waals surface area (Å²) in [6, 6.07) is 9.50. The molecule has 1 aliphatic heterocycles. The highest BCUT2D eigenvalue weighted by molar-refractivity contribution is 6.05. The molecule has 2 unspecified atom stereocenters. The van der Waals surface area contributed by atoms with Crippen LogP contribution in [0.2, 0.25) is 0 Å². The summed E-state index contributed by atoms with van der Waals surface area (Å²) >= 11 is 0. The second-order valence-electron chi connectivity index (χ2n) is 5.53. The third kappa shape index (κ3) is 4.32. The Morgan fingerprint density at radius 2 is 2.09 bits per heavy atom. The third-order valence-electron chi connectivity index (χ3n) is 3.93. The molecule has 3 N–H and O–H groups in total. The quantitative estimate of drug-likeness (QED) is 0.781. The van der Waals surface area contributed by atoms with Gasteiger partial charge in [0, 0.05) is 36.6 Å². The molecule has 2 aromatic rings. The number of aromatic nitrogens is 1. The third-order valence-corrected chi connectivity index (χ3v) is 3.93. The maximum absolute atomic E-state index is 12.4. The summed E-state index contributed by atoms with van der Waals surface area (Å²) in [7, 11) is 0. The Hall–Kier alpha value is -1.40. The molecule has 5 nitrogen and oxygen atoms in total. The second-order valence-corrected chi connectivity index (χ2v) is 5.53. The summed E-state index contributed by atoms with van der Waals surface area (Å²) in [4.78, 5) is 16.8. The number of carbonyl (C=O) groups is 1. The molecule has 7 heteroatoms. The fourth-order valence-electron chi connectivity index (χ4n) is 2.67. The van der Waals surface area contributed by atoms with Crippen molar-refractivity contribution in [1.29, 1.82) is 0 Å². The van der Waals surface area contributed by atoms with Crippen LogP contribution in [-0.2, 0) is 0 Å². The van der Waals surface area contributed by atoms with Crippen molar-refractivity contribution in [2.24, 2.45) is 5.92 Å². The lowest BCUT2D eigenvalue weighted by Crippen LogP contribution is -2.34. The minimum Gasteiger partial charge on any atom is -0.391 e. The normalized spacial score (nSPS) is 19.7. The maximum Gasteiger partial charge on any atom is 0.253 e. The monoisotopic (exact) mass is 357 g/mol. The standard InChI is InChI=1S/C16H19N3O2.2ClH/c1-10-5-6-11-3-2-4-13(15(11)19-10)16(21)18-8-12-7-17-9-14(12)20;;/h2-6,12,14,17,20H,7-9H2,1H3,(H,18,21);2*1H. The summed E-state index contributed by atoms with van der Waals surface area (Å²) in [5, 5.41) is 16.7. The van der Waals surface area contributed by atoms with Gasteiger partial charge in [0.2, 0.25) is 0 Å². The summed E-state index contributed by atoms with van der Waals surface area (Å²) < 4.78 is 0. The van der Waals surface area contributed by atoms with Crippen LogP contribution < -0.4 is 10.6 Å². The van der Waals surface area contributed by atoms with Crippen LogP contribution in [0.3, 0.4) is 0 Å². The van der Waals surface area contributed by atoms with Gasteiger partial charge in [-0.3, -0.25) is 9.78 Å². The Bertz CT molecular complexity index is 681. The lowest BCUT2D eigenvalue weighted by Gasteiger charge is -2.14. The highest BCUT2D eigenvalue weighted by atomic mass is 35.5. The predicted molar refractivity (Wildman–Crippen MR) is 95.7 cm³/mol. The molecule has 23 heavy (non-hydrogen) atoms. The summed E-state index contributed by atoms with van der Waals surface area (Å²) in [6.07, 6.45) is -0.391. The zero-order valence-corrected chi connectivity index (χ0v) is 14.4. The van der Waals surface area contributed by atoms with Gasteiger partial charge in [0.05, 0.1) is 17.2 Å². The van der Waals surface area contributed by atoms with Crippen molar-refractivity contribution in [1.82, 2.24) is 15.6 Å². The average molecular weight is 358 g/mol. The number of aliphatic hydroxyl groups is 1. The number of rotatable bonds is 3. The van der Waals surface area contributed by atoms with Gasteiger partial charge in [0.15, 0.2) is 0 Å². The van der Waals surface area contributed by atoms with Crippen LogP contribution in [0.15, 0.2) is 30.3 Å². The topological polar surface area (TPSA) is 74.2 Å². The first-order valence-corrected chi connectivity index (χ1v) is 7.18. The van der Waals surface area contributed by atoms with E-state index in [1.807, 2.05) is 31.2 Å². The number of fused-ring (bicyclic) bond motifs is 1. The van der Waals surface area contributed by atoms with E-state index >= 15 is 0 Å². The number of nitrogens with one attached hydrogen (secondary N) is 2. The molecular weight excluding hydrogens is 337 g/mol. The number of nitrogens with zero attached hydrogens (tertiary/aromatic N) is 1. The fraction of sp³-hybridized carbons (Fsp3) is 0.375. The molecule has 0 saturated carbocycles. The van der Waals surface area contributed by atoms with Crippen molar-refractivity contribution < 1.29 is 9.90 Å². The first-order valence-electron chi connectivity index (χ1n) is 7.18. The van der Waals surface area contributed by atoms with Crippen molar-refractivity contribution in [2.75, 3.05) is 19.6 Å². The van der Waals surface area contributed by atoms with E-state index in [4.69, 9.17) is 0 Å². The van der Waals surface area contributed by atoms with E-state index in [9.17, 15) is 9.90 Å². The highest BCUT2D eigenvalue weighted by Gasteiger charge is 2.25. The van der Waals surface area contributed by atoms with Gasteiger partial charge < -0.3 is 15.7 Å². The first kappa shape index (κ1) is 19.6. The van der Waals surface area contributed by atoms with Gasteiger partial charge in [0.25, 0.3) is 5.91 Å². The molecule has 2 heterocycles. The second kappa shape index (κ2) is 8.45. The molecule has 126 valence electrons. The van der Waals surface area contributed by atoms with Gasteiger partial charge in [0.1, 0.15) is 0 Å². The summed E-state index contributed by atoms with van der Waals surface area (Å²) in [6.45, 7) is 3.70. The summed E-state index contributed by atoms with van der Waals surface area (Å²) in [5.74, 6) is -0.0728. The largest absolute Gasteiger partial charge is 0.391 e. The maximum atomic E-state index is 12.4. The van der Waals surface area contributed by atoms with Crippen LogP contribution in [0.5, 0.6) is 0 Å². The molecule has 1 aromatic heterocycles. The average Bonchev–Trinajstić information content (AvgIpc) is 2.89. The van der Waals surface area contributed by atoms with Crippen molar-refractivity contribution in [3.63, 3.8) is 0 Å². The fourth-order valence-corrected chi connectivity index (χ4v) is 2.67. The van der Waals surface area contributed by atoms with Crippen LogP contribution in [-0.4, -0.2) is 41.7 Å². The molecule has 1 aromatic carbocycles. The molecule has 0 aliphatic carbocycles. The van der Waals surface area contributed by atoms with Gasteiger partial charge in [-0.25, -0.2) is 0 Å². The Morgan fingerprint density at radius 1 is 1.30 bits per heavy atom. The molecule has 2 atom stereocenters. The Labute approximate surface area is 147 Å².